The molecule has 0 aliphatic rings. The number of hydrogen-bond acceptors (Lipinski definition) is 5. The van der Waals surface area contributed by atoms with Gasteiger partial charge in [-0.1, -0.05) is 43.3 Å². The molecule has 0 unspecified atom stereocenters. The molecule has 2 aromatic rings. The second-order valence-corrected chi connectivity index (χ2v) is 6.88. The van der Waals surface area contributed by atoms with Gasteiger partial charge in [0.2, 0.25) is 5.91 Å². The van der Waals surface area contributed by atoms with E-state index in [-0.39, 0.29) is 23.9 Å². The number of amides is 2. The maximum atomic E-state index is 12.4. The molecule has 158 valence electrons. The lowest BCUT2D eigenvalue weighted by atomic mass is 10.1. The SMILES string of the molecule is CCCOC(=O)CCC(=O)NC(=S)Nc1cccc(C(=O)NCc2ccccc2)c1. The molecule has 0 saturated heterocycles. The van der Waals surface area contributed by atoms with Crippen molar-refractivity contribution in [3.63, 3.8) is 0 Å². The summed E-state index contributed by atoms with van der Waals surface area (Å²) >= 11 is 5.13. The van der Waals surface area contributed by atoms with Gasteiger partial charge in [0.1, 0.15) is 0 Å². The van der Waals surface area contributed by atoms with Gasteiger partial charge in [0, 0.05) is 24.2 Å². The van der Waals surface area contributed by atoms with Crippen LogP contribution in [-0.4, -0.2) is 29.5 Å². The Labute approximate surface area is 181 Å². The zero-order valence-corrected chi connectivity index (χ0v) is 17.6. The van der Waals surface area contributed by atoms with E-state index < -0.39 is 11.9 Å². The molecule has 0 atom stereocenters. The predicted octanol–water partition coefficient (Wildman–Crippen LogP) is 3.16. The monoisotopic (exact) mass is 427 g/mol. The number of benzene rings is 2. The van der Waals surface area contributed by atoms with E-state index >= 15 is 0 Å². The molecule has 0 radical (unpaired) electrons. The molecule has 8 heteroatoms. The van der Waals surface area contributed by atoms with Crippen molar-refractivity contribution < 1.29 is 19.1 Å². The van der Waals surface area contributed by atoms with E-state index in [0.717, 1.165) is 12.0 Å². The summed E-state index contributed by atoms with van der Waals surface area (Å²) in [5.74, 6) is -1.03. The number of nitrogens with one attached hydrogen (secondary N) is 3. The lowest BCUT2D eigenvalue weighted by molar-refractivity contribution is -0.144. The van der Waals surface area contributed by atoms with Gasteiger partial charge >= 0.3 is 5.97 Å². The van der Waals surface area contributed by atoms with E-state index in [4.69, 9.17) is 17.0 Å². The fraction of sp³-hybridized carbons (Fsp3) is 0.273. The number of ether oxygens (including phenoxy) is 1. The minimum atomic E-state index is -0.417. The maximum absolute atomic E-state index is 12.4. The Hall–Kier alpha value is -3.26. The van der Waals surface area contributed by atoms with Crippen LogP contribution in [0.25, 0.3) is 0 Å². The standard InChI is InChI=1S/C22H25N3O4S/c1-2-13-29-20(27)12-11-19(26)25-22(30)24-18-10-6-9-17(14-18)21(28)23-15-16-7-4-3-5-8-16/h3-10,14H,2,11-13,15H2,1H3,(H,23,28)(H2,24,25,26,30). The minimum Gasteiger partial charge on any atom is -0.466 e. The average molecular weight is 428 g/mol. The Morgan fingerprint density at radius 2 is 1.77 bits per heavy atom. The molecule has 3 N–H and O–H groups in total. The van der Waals surface area contributed by atoms with Crippen molar-refractivity contribution in [1.29, 1.82) is 0 Å². The molecule has 2 rings (SSSR count). The van der Waals surface area contributed by atoms with E-state index in [1.54, 1.807) is 24.3 Å². The zero-order valence-electron chi connectivity index (χ0n) is 16.8. The number of anilines is 1. The van der Waals surface area contributed by atoms with Crippen LogP contribution in [-0.2, 0) is 20.9 Å². The van der Waals surface area contributed by atoms with E-state index in [1.807, 2.05) is 37.3 Å². The van der Waals surface area contributed by atoms with Crippen LogP contribution in [0.2, 0.25) is 0 Å². The maximum Gasteiger partial charge on any atom is 0.306 e. The summed E-state index contributed by atoms with van der Waals surface area (Å²) in [7, 11) is 0. The number of esters is 1. The first kappa shape index (κ1) is 23.0. The Morgan fingerprint density at radius 3 is 2.50 bits per heavy atom. The summed E-state index contributed by atoms with van der Waals surface area (Å²) < 4.78 is 4.92. The van der Waals surface area contributed by atoms with Gasteiger partial charge in [-0.25, -0.2) is 0 Å². The Balaban J connectivity index is 1.80. The number of thiocarbonyl (C=S) groups is 1. The molecule has 0 fully saturated rings. The quantitative estimate of drug-likeness (QED) is 0.420. The minimum absolute atomic E-state index is 0.00842. The third kappa shape index (κ3) is 8.40. The molecule has 0 aromatic heterocycles. The molecule has 2 amide bonds. The van der Waals surface area contributed by atoms with Crippen LogP contribution in [0.1, 0.15) is 42.1 Å². The highest BCUT2D eigenvalue weighted by Gasteiger charge is 2.11. The number of carbonyl (C=O) groups is 3. The van der Waals surface area contributed by atoms with Crippen LogP contribution in [0.4, 0.5) is 5.69 Å². The van der Waals surface area contributed by atoms with Gasteiger partial charge in [-0.05, 0) is 42.4 Å². The molecular formula is C22H25N3O4S. The molecule has 0 bridgehead atoms. The van der Waals surface area contributed by atoms with Crippen LogP contribution in [0.5, 0.6) is 0 Å². The van der Waals surface area contributed by atoms with Crippen molar-refractivity contribution in [3.8, 4) is 0 Å². The second kappa shape index (κ2) is 12.3. The molecule has 0 saturated carbocycles. The van der Waals surface area contributed by atoms with E-state index in [1.165, 1.54) is 0 Å². The smallest absolute Gasteiger partial charge is 0.306 e. The van der Waals surface area contributed by atoms with Crippen LogP contribution in [0.15, 0.2) is 54.6 Å². The highest BCUT2D eigenvalue weighted by Crippen LogP contribution is 2.11. The van der Waals surface area contributed by atoms with Crippen LogP contribution in [0.3, 0.4) is 0 Å². The predicted molar refractivity (Wildman–Crippen MR) is 119 cm³/mol. The highest BCUT2D eigenvalue weighted by atomic mass is 32.1. The largest absolute Gasteiger partial charge is 0.466 e. The van der Waals surface area contributed by atoms with Crippen molar-refractivity contribution in [2.45, 2.75) is 32.7 Å². The van der Waals surface area contributed by atoms with Crippen LogP contribution in [0, 0.1) is 0 Å². The fourth-order valence-corrected chi connectivity index (χ4v) is 2.71. The summed E-state index contributed by atoms with van der Waals surface area (Å²) in [6, 6.07) is 16.4. The van der Waals surface area contributed by atoms with Gasteiger partial charge in [-0.15, -0.1) is 0 Å². The molecule has 7 nitrogen and oxygen atoms in total. The van der Waals surface area contributed by atoms with Crippen LogP contribution < -0.4 is 16.0 Å². The second-order valence-electron chi connectivity index (χ2n) is 6.47. The Morgan fingerprint density at radius 1 is 1.00 bits per heavy atom. The summed E-state index contributed by atoms with van der Waals surface area (Å²) in [5, 5.41) is 8.32. The molecule has 0 aliphatic carbocycles. The van der Waals surface area contributed by atoms with Crippen molar-refractivity contribution in [3.05, 3.63) is 65.7 Å². The lowest BCUT2D eigenvalue weighted by Crippen LogP contribution is -2.34. The molecular weight excluding hydrogens is 402 g/mol. The van der Waals surface area contributed by atoms with Gasteiger partial charge in [-0.2, -0.15) is 0 Å². The summed E-state index contributed by atoms with van der Waals surface area (Å²) in [4.78, 5) is 35.7. The summed E-state index contributed by atoms with van der Waals surface area (Å²) in [6.07, 6.45) is 0.701. The molecule has 30 heavy (non-hydrogen) atoms. The van der Waals surface area contributed by atoms with Gasteiger partial charge in [0.05, 0.1) is 13.0 Å². The zero-order chi connectivity index (χ0) is 21.8. The van der Waals surface area contributed by atoms with Crippen molar-refractivity contribution in [2.75, 3.05) is 11.9 Å². The van der Waals surface area contributed by atoms with Gasteiger partial charge in [0.15, 0.2) is 5.11 Å². The summed E-state index contributed by atoms with van der Waals surface area (Å²) in [5.41, 5.74) is 2.03. The lowest BCUT2D eigenvalue weighted by Gasteiger charge is -2.11. The van der Waals surface area contributed by atoms with Gasteiger partial charge in [-0.3, -0.25) is 14.4 Å². The summed E-state index contributed by atoms with van der Waals surface area (Å²) in [6.45, 7) is 2.66. The first-order valence-corrected chi connectivity index (χ1v) is 10.1. The molecule has 0 aliphatic heterocycles. The average Bonchev–Trinajstić information content (AvgIpc) is 2.75. The Bertz CT molecular complexity index is 887. The van der Waals surface area contributed by atoms with E-state index in [9.17, 15) is 14.4 Å². The molecule has 0 heterocycles. The van der Waals surface area contributed by atoms with E-state index in [2.05, 4.69) is 16.0 Å². The van der Waals surface area contributed by atoms with Crippen molar-refractivity contribution >= 4 is 40.8 Å². The highest BCUT2D eigenvalue weighted by molar-refractivity contribution is 7.80. The number of carbonyl (C=O) groups excluding carboxylic acids is 3. The first-order chi connectivity index (χ1) is 14.5. The van der Waals surface area contributed by atoms with Gasteiger partial charge in [0.25, 0.3) is 5.91 Å². The fourth-order valence-electron chi connectivity index (χ4n) is 2.47. The topological polar surface area (TPSA) is 96.5 Å². The molecule has 0 spiro atoms. The first-order valence-electron chi connectivity index (χ1n) is 9.66. The van der Waals surface area contributed by atoms with Crippen molar-refractivity contribution in [2.24, 2.45) is 0 Å². The number of rotatable bonds is 9. The molecule has 2 aromatic carbocycles. The van der Waals surface area contributed by atoms with Crippen LogP contribution >= 0.6 is 12.2 Å². The Kier molecular flexibility index (Phi) is 9.47. The van der Waals surface area contributed by atoms with E-state index in [0.29, 0.717) is 24.4 Å². The van der Waals surface area contributed by atoms with Gasteiger partial charge < -0.3 is 20.7 Å². The normalized spacial score (nSPS) is 10.0. The third-order valence-electron chi connectivity index (χ3n) is 3.95. The third-order valence-corrected chi connectivity index (χ3v) is 4.16. The number of hydrogen-bond donors (Lipinski definition) is 3. The van der Waals surface area contributed by atoms with Crippen molar-refractivity contribution in [1.82, 2.24) is 10.6 Å².